The Morgan fingerprint density at radius 1 is 0.960 bits per heavy atom. The quantitative estimate of drug-likeness (QED) is 0.621. The van der Waals surface area contributed by atoms with Gasteiger partial charge in [0.25, 0.3) is 0 Å². The second-order valence-electron chi connectivity index (χ2n) is 5.25. The standard InChI is InChI=1S/C19H21BrO5/c1-4-10-25-19(22)15-13-9-7-8-12(20)11-14(13)16(17(15)23-5-2)18(21)24-6-3/h7-9,11H,4-6,10H2,1-3H3. The molecule has 25 heavy (non-hydrogen) atoms. The van der Waals surface area contributed by atoms with Crippen LogP contribution in [0.3, 0.4) is 0 Å². The summed E-state index contributed by atoms with van der Waals surface area (Å²) in [6.07, 6.45) is 0.707. The minimum Gasteiger partial charge on any atom is -0.492 e. The summed E-state index contributed by atoms with van der Waals surface area (Å²) in [5.74, 6) is -0.813. The fourth-order valence-corrected chi connectivity index (χ4v) is 2.93. The van der Waals surface area contributed by atoms with E-state index in [-0.39, 0.29) is 23.5 Å². The third kappa shape index (κ3) is 4.12. The van der Waals surface area contributed by atoms with Gasteiger partial charge in [-0.25, -0.2) is 9.59 Å². The van der Waals surface area contributed by atoms with Gasteiger partial charge in [-0.15, -0.1) is 0 Å². The number of fused-ring (bicyclic) bond motifs is 1. The van der Waals surface area contributed by atoms with Crippen molar-refractivity contribution in [1.82, 2.24) is 0 Å². The van der Waals surface area contributed by atoms with Crippen molar-refractivity contribution in [3.8, 4) is 16.9 Å². The smallest absolute Gasteiger partial charge is 0.342 e. The van der Waals surface area contributed by atoms with Crippen LogP contribution >= 0.6 is 15.9 Å². The molecule has 0 heterocycles. The predicted molar refractivity (Wildman–Crippen MR) is 98.5 cm³/mol. The third-order valence-electron chi connectivity index (χ3n) is 3.49. The van der Waals surface area contributed by atoms with E-state index in [0.29, 0.717) is 30.8 Å². The Hall–Kier alpha value is -2.08. The van der Waals surface area contributed by atoms with Crippen LogP contribution in [0.25, 0.3) is 11.1 Å². The highest BCUT2D eigenvalue weighted by Crippen LogP contribution is 2.43. The fraction of sp³-hybridized carbons (Fsp3) is 0.368. The molecule has 0 fully saturated rings. The summed E-state index contributed by atoms with van der Waals surface area (Å²) >= 11 is 3.43. The van der Waals surface area contributed by atoms with Crippen LogP contribution in [-0.4, -0.2) is 31.8 Å². The Kier molecular flexibility index (Phi) is 6.82. The minimum absolute atomic E-state index is 0.218. The van der Waals surface area contributed by atoms with E-state index in [1.54, 1.807) is 32.0 Å². The summed E-state index contributed by atoms with van der Waals surface area (Å²) in [5.41, 5.74) is 1.69. The van der Waals surface area contributed by atoms with Crippen molar-refractivity contribution in [3.05, 3.63) is 39.9 Å². The normalized spacial score (nSPS) is 10.6. The molecule has 0 unspecified atom stereocenters. The van der Waals surface area contributed by atoms with Crippen molar-refractivity contribution >= 4 is 27.9 Å². The molecule has 5 nitrogen and oxygen atoms in total. The molecular formula is C19H21BrO5. The topological polar surface area (TPSA) is 61.8 Å². The lowest BCUT2D eigenvalue weighted by molar-refractivity contribution is 0.0502. The van der Waals surface area contributed by atoms with Gasteiger partial charge >= 0.3 is 11.9 Å². The second kappa shape index (κ2) is 8.85. The van der Waals surface area contributed by atoms with E-state index in [9.17, 15) is 9.59 Å². The fourth-order valence-electron chi connectivity index (χ4n) is 2.55. The number of ether oxygens (including phenoxy) is 3. The molecule has 2 rings (SSSR count). The SMILES string of the molecule is CCCOC(=O)c1c2cccc(Br)cc-2c(C(=O)OCC)c1OCC. The highest BCUT2D eigenvalue weighted by molar-refractivity contribution is 9.10. The largest absolute Gasteiger partial charge is 0.492 e. The number of hydrogen-bond donors (Lipinski definition) is 0. The van der Waals surface area contributed by atoms with Crippen molar-refractivity contribution in [2.24, 2.45) is 0 Å². The second-order valence-corrected chi connectivity index (χ2v) is 6.17. The van der Waals surface area contributed by atoms with Gasteiger partial charge in [-0.05, 0) is 32.4 Å². The molecular weight excluding hydrogens is 388 g/mol. The van der Waals surface area contributed by atoms with Crippen LogP contribution in [0.4, 0.5) is 0 Å². The Bertz CT molecular complexity index is 741. The molecule has 0 atom stereocenters. The highest BCUT2D eigenvalue weighted by Gasteiger charge is 2.33. The summed E-state index contributed by atoms with van der Waals surface area (Å²) < 4.78 is 16.9. The van der Waals surface area contributed by atoms with Gasteiger partial charge in [-0.2, -0.15) is 0 Å². The van der Waals surface area contributed by atoms with Gasteiger partial charge < -0.3 is 14.2 Å². The van der Waals surface area contributed by atoms with Gasteiger partial charge in [0.15, 0.2) is 0 Å². The van der Waals surface area contributed by atoms with Crippen LogP contribution in [0.2, 0.25) is 0 Å². The molecule has 0 saturated heterocycles. The molecule has 0 aromatic carbocycles. The first kappa shape index (κ1) is 19.2. The molecule has 2 aliphatic rings. The lowest BCUT2D eigenvalue weighted by Gasteiger charge is -2.08. The molecule has 2 aliphatic carbocycles. The summed E-state index contributed by atoms with van der Waals surface area (Å²) in [4.78, 5) is 25.2. The number of rotatable bonds is 7. The van der Waals surface area contributed by atoms with Gasteiger partial charge in [0.2, 0.25) is 0 Å². The average Bonchev–Trinajstić information content (AvgIpc) is 2.73. The Balaban J connectivity index is 2.74. The molecule has 0 N–H and O–H groups in total. The Morgan fingerprint density at radius 3 is 2.28 bits per heavy atom. The Labute approximate surface area is 155 Å². The van der Waals surface area contributed by atoms with Crippen LogP contribution in [0.5, 0.6) is 5.75 Å². The van der Waals surface area contributed by atoms with E-state index in [4.69, 9.17) is 14.2 Å². The molecule has 6 heteroatoms. The maximum Gasteiger partial charge on any atom is 0.342 e. The number of carbonyl (C=O) groups is 2. The number of hydrogen-bond acceptors (Lipinski definition) is 5. The van der Waals surface area contributed by atoms with Crippen molar-refractivity contribution in [2.45, 2.75) is 27.2 Å². The zero-order valence-corrected chi connectivity index (χ0v) is 16.1. The Morgan fingerprint density at radius 2 is 1.64 bits per heavy atom. The average molecular weight is 409 g/mol. The zero-order chi connectivity index (χ0) is 18.4. The van der Waals surface area contributed by atoms with Crippen molar-refractivity contribution in [3.63, 3.8) is 0 Å². The summed E-state index contributed by atoms with van der Waals surface area (Å²) in [7, 11) is 0. The number of halogens is 1. The molecule has 0 bridgehead atoms. The lowest BCUT2D eigenvalue weighted by Crippen LogP contribution is -2.10. The summed E-state index contributed by atoms with van der Waals surface area (Å²) in [5, 5.41) is 0. The number of carbonyl (C=O) groups excluding carboxylic acids is 2. The van der Waals surface area contributed by atoms with Crippen molar-refractivity contribution in [1.29, 1.82) is 0 Å². The van der Waals surface area contributed by atoms with E-state index in [2.05, 4.69) is 15.9 Å². The third-order valence-corrected chi connectivity index (χ3v) is 3.99. The lowest BCUT2D eigenvalue weighted by atomic mass is 10.1. The van der Waals surface area contributed by atoms with E-state index >= 15 is 0 Å². The molecule has 0 aromatic heterocycles. The van der Waals surface area contributed by atoms with Crippen molar-refractivity contribution in [2.75, 3.05) is 19.8 Å². The molecule has 134 valence electrons. The monoisotopic (exact) mass is 408 g/mol. The van der Waals surface area contributed by atoms with Gasteiger partial charge in [-0.3, -0.25) is 0 Å². The molecule has 0 aliphatic heterocycles. The molecule has 0 radical (unpaired) electrons. The van der Waals surface area contributed by atoms with E-state index in [1.807, 2.05) is 13.0 Å². The number of esters is 2. The van der Waals surface area contributed by atoms with Crippen LogP contribution in [-0.2, 0) is 9.47 Å². The maximum absolute atomic E-state index is 12.6. The van der Waals surface area contributed by atoms with Gasteiger partial charge in [0.05, 0.1) is 19.8 Å². The molecule has 0 spiro atoms. The minimum atomic E-state index is -0.524. The van der Waals surface area contributed by atoms with Gasteiger partial charge in [0.1, 0.15) is 16.9 Å². The first-order chi connectivity index (χ1) is 12.0. The summed E-state index contributed by atoms with van der Waals surface area (Å²) in [6.45, 7) is 6.28. The molecule has 0 amide bonds. The van der Waals surface area contributed by atoms with Crippen LogP contribution in [0.1, 0.15) is 47.9 Å². The molecule has 0 aromatic rings. The first-order valence-corrected chi connectivity index (χ1v) is 9.06. The van der Waals surface area contributed by atoms with Crippen LogP contribution in [0.15, 0.2) is 28.7 Å². The van der Waals surface area contributed by atoms with E-state index < -0.39 is 11.9 Å². The summed E-state index contributed by atoms with van der Waals surface area (Å²) in [6, 6.07) is 7.18. The molecule has 0 saturated carbocycles. The zero-order valence-electron chi connectivity index (χ0n) is 14.6. The van der Waals surface area contributed by atoms with E-state index in [0.717, 1.165) is 4.47 Å². The van der Waals surface area contributed by atoms with Gasteiger partial charge in [-0.1, -0.05) is 35.0 Å². The first-order valence-electron chi connectivity index (χ1n) is 8.27. The van der Waals surface area contributed by atoms with Crippen molar-refractivity contribution < 1.29 is 23.8 Å². The van der Waals surface area contributed by atoms with Crippen LogP contribution < -0.4 is 4.74 Å². The van der Waals surface area contributed by atoms with Gasteiger partial charge in [0, 0.05) is 15.6 Å². The maximum atomic E-state index is 12.6. The highest BCUT2D eigenvalue weighted by atomic mass is 79.9. The predicted octanol–water partition coefficient (Wildman–Crippen LogP) is 4.70. The van der Waals surface area contributed by atoms with E-state index in [1.165, 1.54) is 0 Å². The van der Waals surface area contributed by atoms with Crippen LogP contribution in [0, 0.1) is 0 Å².